The van der Waals surface area contributed by atoms with Crippen molar-refractivity contribution < 1.29 is 19.5 Å². The van der Waals surface area contributed by atoms with Crippen LogP contribution in [0.25, 0.3) is 21.9 Å². The van der Waals surface area contributed by atoms with Gasteiger partial charge < -0.3 is 21.1 Å². The van der Waals surface area contributed by atoms with Gasteiger partial charge in [0.15, 0.2) is 0 Å². The second-order valence-electron chi connectivity index (χ2n) is 10.2. The molecule has 0 radical (unpaired) electrons. The average molecular weight is 553 g/mol. The van der Waals surface area contributed by atoms with Crippen molar-refractivity contribution in [1.29, 1.82) is 0 Å². The topological polar surface area (TPSA) is 120 Å². The number of pyridine rings is 1. The number of rotatable bonds is 13. The van der Waals surface area contributed by atoms with Crippen molar-refractivity contribution in [2.24, 2.45) is 0 Å². The molecule has 0 aliphatic rings. The molecule has 0 saturated heterocycles. The maximum absolute atomic E-state index is 12.6. The molecule has 2 amide bonds. The van der Waals surface area contributed by atoms with Crippen molar-refractivity contribution in [2.45, 2.75) is 45.6 Å². The monoisotopic (exact) mass is 552 g/mol. The van der Waals surface area contributed by atoms with Crippen LogP contribution in [0.15, 0.2) is 79.0 Å². The summed E-state index contributed by atoms with van der Waals surface area (Å²) in [5.41, 5.74) is 5.09. The molecule has 4 rings (SSSR count). The first kappa shape index (κ1) is 29.3. The second-order valence-corrected chi connectivity index (χ2v) is 10.2. The Kier molecular flexibility index (Phi) is 10.0. The predicted octanol–water partition coefficient (Wildman–Crippen LogP) is 5.55. The van der Waals surface area contributed by atoms with E-state index in [2.05, 4.69) is 52.1 Å². The molecule has 0 aliphatic carbocycles. The molecule has 41 heavy (non-hydrogen) atoms. The Hall–Kier alpha value is -4.72. The Morgan fingerprint density at radius 1 is 0.878 bits per heavy atom. The first-order valence-corrected chi connectivity index (χ1v) is 13.8. The highest BCUT2D eigenvalue weighted by Crippen LogP contribution is 2.31. The van der Waals surface area contributed by atoms with Gasteiger partial charge in [-0.25, -0.2) is 4.98 Å². The molecule has 0 spiro atoms. The van der Waals surface area contributed by atoms with Gasteiger partial charge >= 0.3 is 5.97 Å². The minimum atomic E-state index is -1.03. The quantitative estimate of drug-likeness (QED) is 0.162. The minimum Gasteiger partial charge on any atom is -0.481 e. The van der Waals surface area contributed by atoms with Crippen molar-refractivity contribution in [1.82, 2.24) is 15.6 Å². The number of unbranched alkanes of at least 4 members (excludes halogenated alkanes) is 1. The maximum Gasteiger partial charge on any atom is 0.305 e. The van der Waals surface area contributed by atoms with Crippen molar-refractivity contribution >= 4 is 34.4 Å². The van der Waals surface area contributed by atoms with E-state index in [0.29, 0.717) is 24.9 Å². The Labute approximate surface area is 240 Å². The largest absolute Gasteiger partial charge is 0.481 e. The molecule has 1 aromatic heterocycles. The minimum absolute atomic E-state index is 0.214. The fourth-order valence-corrected chi connectivity index (χ4v) is 4.80. The molecule has 1 unspecified atom stereocenters. The van der Waals surface area contributed by atoms with Gasteiger partial charge in [0.25, 0.3) is 0 Å². The molecule has 0 saturated carbocycles. The van der Waals surface area contributed by atoms with Crippen LogP contribution in [0.5, 0.6) is 0 Å². The molecule has 212 valence electrons. The number of aryl methyl sites for hydroxylation is 2. The van der Waals surface area contributed by atoms with E-state index >= 15 is 0 Å². The van der Waals surface area contributed by atoms with E-state index in [1.54, 1.807) is 6.20 Å². The molecular weight excluding hydrogens is 516 g/mol. The highest BCUT2D eigenvalue weighted by molar-refractivity contribution is 5.98. The SMILES string of the molecule is Cc1ccnc(NCCCCC(=O)NCC(=O)NC(CC(=O)O)c2ccc(-c3ccc(C)c4ccccc34)cc2)c1. The Bertz CT molecular complexity index is 1520. The number of carbonyl (C=O) groups excluding carboxylic acids is 2. The normalized spacial score (nSPS) is 11.6. The lowest BCUT2D eigenvalue weighted by Crippen LogP contribution is -2.39. The summed E-state index contributed by atoms with van der Waals surface area (Å²) in [6.45, 7) is 4.56. The number of aromatic nitrogens is 1. The lowest BCUT2D eigenvalue weighted by Gasteiger charge is -2.18. The van der Waals surface area contributed by atoms with Crippen LogP contribution in [0, 0.1) is 13.8 Å². The number of nitrogens with zero attached hydrogens (tertiary/aromatic N) is 1. The van der Waals surface area contributed by atoms with Gasteiger partial charge in [-0.15, -0.1) is 0 Å². The summed E-state index contributed by atoms with van der Waals surface area (Å²) in [6, 6.07) is 23.1. The number of nitrogens with one attached hydrogen (secondary N) is 3. The van der Waals surface area contributed by atoms with Crippen LogP contribution >= 0.6 is 0 Å². The third-order valence-corrected chi connectivity index (χ3v) is 6.98. The molecule has 3 aromatic carbocycles. The highest BCUT2D eigenvalue weighted by atomic mass is 16.4. The van der Waals surface area contributed by atoms with Crippen molar-refractivity contribution in [3.05, 3.63) is 95.7 Å². The molecule has 1 heterocycles. The zero-order valence-electron chi connectivity index (χ0n) is 23.4. The number of fused-ring (bicyclic) bond motifs is 1. The fraction of sp³-hybridized carbons (Fsp3) is 0.273. The molecule has 0 fully saturated rings. The number of hydrogen-bond donors (Lipinski definition) is 4. The zero-order chi connectivity index (χ0) is 29.2. The van der Waals surface area contributed by atoms with Gasteiger partial charge in [0.1, 0.15) is 5.82 Å². The molecular formula is C33H36N4O4. The van der Waals surface area contributed by atoms with E-state index in [4.69, 9.17) is 0 Å². The van der Waals surface area contributed by atoms with Gasteiger partial charge in [0.05, 0.1) is 19.0 Å². The van der Waals surface area contributed by atoms with Crippen LogP contribution in [0.2, 0.25) is 0 Å². The third-order valence-electron chi connectivity index (χ3n) is 6.98. The molecule has 1 atom stereocenters. The van der Waals surface area contributed by atoms with E-state index in [1.807, 2.05) is 55.5 Å². The summed E-state index contributed by atoms with van der Waals surface area (Å²) in [5, 5.41) is 20.4. The lowest BCUT2D eigenvalue weighted by molar-refractivity contribution is -0.138. The molecule has 0 bridgehead atoms. The van der Waals surface area contributed by atoms with Gasteiger partial charge in [-0.3, -0.25) is 14.4 Å². The number of anilines is 1. The highest BCUT2D eigenvalue weighted by Gasteiger charge is 2.19. The van der Waals surface area contributed by atoms with Crippen molar-refractivity contribution in [2.75, 3.05) is 18.4 Å². The van der Waals surface area contributed by atoms with Gasteiger partial charge in [0, 0.05) is 19.2 Å². The van der Waals surface area contributed by atoms with Gasteiger partial charge in [-0.2, -0.15) is 0 Å². The summed E-state index contributed by atoms with van der Waals surface area (Å²) < 4.78 is 0. The van der Waals surface area contributed by atoms with Crippen LogP contribution in [0.4, 0.5) is 5.82 Å². The van der Waals surface area contributed by atoms with Gasteiger partial charge in [0.2, 0.25) is 11.8 Å². The third kappa shape index (κ3) is 8.38. The first-order valence-electron chi connectivity index (χ1n) is 13.8. The molecule has 4 aromatic rings. The Morgan fingerprint density at radius 2 is 1.63 bits per heavy atom. The number of amides is 2. The average Bonchev–Trinajstić information content (AvgIpc) is 2.96. The number of carbonyl (C=O) groups is 3. The van der Waals surface area contributed by atoms with Crippen LogP contribution in [0.3, 0.4) is 0 Å². The number of aliphatic carboxylic acids is 1. The Morgan fingerprint density at radius 3 is 2.37 bits per heavy atom. The van der Waals surface area contributed by atoms with Crippen LogP contribution in [0.1, 0.15) is 48.4 Å². The van der Waals surface area contributed by atoms with E-state index in [0.717, 1.165) is 34.3 Å². The summed E-state index contributed by atoms with van der Waals surface area (Å²) in [5.74, 6) is -0.883. The van der Waals surface area contributed by atoms with Crippen molar-refractivity contribution in [3.63, 3.8) is 0 Å². The van der Waals surface area contributed by atoms with E-state index in [-0.39, 0.29) is 18.9 Å². The predicted molar refractivity (Wildman–Crippen MR) is 162 cm³/mol. The second kappa shape index (κ2) is 14.1. The Balaban J connectivity index is 1.28. The smallest absolute Gasteiger partial charge is 0.305 e. The standard InChI is InChI=1S/C33H36N4O4/c1-22-16-18-35-30(19-22)34-17-6-5-9-31(38)36-21-32(39)37-29(20-33(40)41)25-13-11-24(12-14-25)27-15-10-23(2)26-7-3-4-8-28(26)27/h3-4,7-8,10-16,18-19,29H,5-6,9,17,20-21H2,1-2H3,(H,34,35)(H,36,38)(H,37,39)(H,40,41). The van der Waals surface area contributed by atoms with Crippen LogP contribution in [-0.2, 0) is 14.4 Å². The summed E-state index contributed by atoms with van der Waals surface area (Å²) in [7, 11) is 0. The van der Waals surface area contributed by atoms with E-state index in [9.17, 15) is 19.5 Å². The van der Waals surface area contributed by atoms with E-state index < -0.39 is 17.9 Å². The van der Waals surface area contributed by atoms with Gasteiger partial charge in [-0.05, 0) is 77.4 Å². The maximum atomic E-state index is 12.6. The van der Waals surface area contributed by atoms with Crippen LogP contribution in [-0.4, -0.2) is 41.0 Å². The van der Waals surface area contributed by atoms with Crippen molar-refractivity contribution in [3.8, 4) is 11.1 Å². The summed E-state index contributed by atoms with van der Waals surface area (Å²) in [6.07, 6.45) is 3.22. The number of hydrogen-bond acceptors (Lipinski definition) is 5. The number of carboxylic acid groups (broad SMARTS) is 1. The summed E-state index contributed by atoms with van der Waals surface area (Å²) >= 11 is 0. The number of carboxylic acids is 1. The van der Waals surface area contributed by atoms with Crippen LogP contribution < -0.4 is 16.0 Å². The first-order chi connectivity index (χ1) is 19.8. The number of benzene rings is 3. The fourth-order valence-electron chi connectivity index (χ4n) is 4.80. The summed E-state index contributed by atoms with van der Waals surface area (Å²) in [4.78, 5) is 40.6. The van der Waals surface area contributed by atoms with E-state index in [1.165, 1.54) is 10.9 Å². The lowest BCUT2D eigenvalue weighted by atomic mass is 9.94. The zero-order valence-corrected chi connectivity index (χ0v) is 23.4. The van der Waals surface area contributed by atoms with Gasteiger partial charge in [-0.1, -0.05) is 60.7 Å². The molecule has 4 N–H and O–H groups in total. The molecule has 0 aliphatic heterocycles. The molecule has 8 heteroatoms. The molecule has 8 nitrogen and oxygen atoms in total.